The SMILES string of the molecule is CN(C)CC(=O)NC(C)(C)c1ccc(Oc2nc3nc(-c4ccc(C5=CCOCC5)cc4)c(Cl)cc3[nH]2)cn1. The first-order valence-electron chi connectivity index (χ1n) is 12.7. The van der Waals surface area contributed by atoms with E-state index in [-0.39, 0.29) is 11.9 Å². The van der Waals surface area contributed by atoms with Crippen molar-refractivity contribution in [2.45, 2.75) is 25.8 Å². The molecule has 9 nitrogen and oxygen atoms in total. The Hall–Kier alpha value is -3.79. The van der Waals surface area contributed by atoms with E-state index in [1.165, 1.54) is 11.1 Å². The van der Waals surface area contributed by atoms with Crippen molar-refractivity contribution >= 4 is 34.2 Å². The van der Waals surface area contributed by atoms with Crippen LogP contribution in [-0.4, -0.2) is 64.6 Å². The van der Waals surface area contributed by atoms with E-state index in [9.17, 15) is 4.79 Å². The second-order valence-electron chi connectivity index (χ2n) is 10.3. The summed E-state index contributed by atoms with van der Waals surface area (Å²) in [7, 11) is 3.70. The van der Waals surface area contributed by atoms with E-state index >= 15 is 0 Å². The minimum absolute atomic E-state index is 0.0763. The van der Waals surface area contributed by atoms with Crippen molar-refractivity contribution in [2.75, 3.05) is 33.9 Å². The van der Waals surface area contributed by atoms with Crippen molar-refractivity contribution in [3.8, 4) is 23.0 Å². The third-order valence-corrected chi connectivity index (χ3v) is 6.69. The summed E-state index contributed by atoms with van der Waals surface area (Å²) < 4.78 is 11.3. The van der Waals surface area contributed by atoms with E-state index in [0.29, 0.717) is 46.5 Å². The predicted molar refractivity (Wildman–Crippen MR) is 152 cm³/mol. The molecule has 2 N–H and O–H groups in total. The third kappa shape index (κ3) is 6.27. The Kier molecular flexibility index (Phi) is 7.65. The number of ether oxygens (including phenoxy) is 2. The normalized spacial score (nSPS) is 13.9. The molecule has 0 unspecified atom stereocenters. The summed E-state index contributed by atoms with van der Waals surface area (Å²) in [6, 6.07) is 13.9. The van der Waals surface area contributed by atoms with Gasteiger partial charge in [-0.05, 0) is 63.7 Å². The van der Waals surface area contributed by atoms with Crippen LogP contribution in [0.3, 0.4) is 0 Å². The van der Waals surface area contributed by atoms with Gasteiger partial charge in [0.1, 0.15) is 5.75 Å². The zero-order valence-corrected chi connectivity index (χ0v) is 23.2. The fourth-order valence-electron chi connectivity index (χ4n) is 4.44. The van der Waals surface area contributed by atoms with Crippen LogP contribution in [0.25, 0.3) is 28.0 Å². The van der Waals surface area contributed by atoms with Crippen LogP contribution < -0.4 is 10.1 Å². The van der Waals surface area contributed by atoms with E-state index in [4.69, 9.17) is 26.1 Å². The number of amides is 1. The smallest absolute Gasteiger partial charge is 0.301 e. The molecule has 39 heavy (non-hydrogen) atoms. The summed E-state index contributed by atoms with van der Waals surface area (Å²) in [5, 5.41) is 3.52. The van der Waals surface area contributed by atoms with Gasteiger partial charge in [0.05, 0.1) is 53.4 Å². The Morgan fingerprint density at radius 2 is 1.92 bits per heavy atom. The Bertz CT molecular complexity index is 1510. The molecule has 10 heteroatoms. The van der Waals surface area contributed by atoms with Gasteiger partial charge in [-0.1, -0.05) is 41.9 Å². The number of pyridine rings is 2. The number of H-pyrrole nitrogens is 1. The molecule has 0 radical (unpaired) electrons. The summed E-state index contributed by atoms with van der Waals surface area (Å²) in [6.45, 7) is 5.51. The third-order valence-electron chi connectivity index (χ3n) is 6.40. The fraction of sp³-hybridized carbons (Fsp3) is 0.310. The summed E-state index contributed by atoms with van der Waals surface area (Å²) in [6.07, 6.45) is 4.63. The number of nitrogens with zero attached hydrogens (tertiary/aromatic N) is 4. The Morgan fingerprint density at radius 3 is 2.59 bits per heavy atom. The Labute approximate surface area is 232 Å². The largest absolute Gasteiger partial charge is 0.424 e. The number of hydrogen-bond donors (Lipinski definition) is 2. The van der Waals surface area contributed by atoms with E-state index in [1.807, 2.05) is 51.0 Å². The summed E-state index contributed by atoms with van der Waals surface area (Å²) >= 11 is 6.60. The number of aromatic amines is 1. The molecule has 0 saturated heterocycles. The number of halogens is 1. The number of imidazole rings is 1. The van der Waals surface area contributed by atoms with Crippen LogP contribution in [0.4, 0.5) is 0 Å². The first kappa shape index (κ1) is 26.8. The molecule has 1 amide bonds. The van der Waals surface area contributed by atoms with Crippen LogP contribution >= 0.6 is 11.6 Å². The van der Waals surface area contributed by atoms with Gasteiger partial charge < -0.3 is 24.7 Å². The minimum Gasteiger partial charge on any atom is -0.424 e. The maximum Gasteiger partial charge on any atom is 0.301 e. The number of hydrogen-bond acceptors (Lipinski definition) is 7. The average molecular weight is 547 g/mol. The number of nitrogens with one attached hydrogen (secondary N) is 2. The van der Waals surface area contributed by atoms with Crippen LogP contribution in [0.1, 0.15) is 31.5 Å². The topological polar surface area (TPSA) is 105 Å². The number of carbonyl (C=O) groups excluding carboxylic acids is 1. The maximum absolute atomic E-state index is 12.2. The standard InChI is InChI=1S/C29H31ClN6O3/c1-29(2,35-25(37)17-36(3)4)24-10-9-21(16-31-24)39-28-32-23-15-22(30)26(33-27(23)34-28)20-7-5-18(6-8-20)19-11-13-38-14-12-19/h5-11,15-16H,12-14,17H2,1-4H3,(H,35,37)(H,32,33,34). The second kappa shape index (κ2) is 11.1. The molecule has 4 heterocycles. The van der Waals surface area contributed by atoms with Crippen molar-refractivity contribution in [1.82, 2.24) is 30.2 Å². The van der Waals surface area contributed by atoms with Crippen molar-refractivity contribution in [2.24, 2.45) is 0 Å². The molecular formula is C29H31ClN6O3. The Balaban J connectivity index is 1.31. The summed E-state index contributed by atoms with van der Waals surface area (Å²) in [5.74, 6) is 0.421. The molecule has 1 aliphatic rings. The lowest BCUT2D eigenvalue weighted by Crippen LogP contribution is -2.45. The molecular weight excluding hydrogens is 516 g/mol. The highest BCUT2D eigenvalue weighted by Crippen LogP contribution is 2.32. The first-order chi connectivity index (χ1) is 18.7. The molecule has 0 fully saturated rings. The maximum atomic E-state index is 12.2. The van der Waals surface area contributed by atoms with E-state index < -0.39 is 5.54 Å². The molecule has 0 saturated carbocycles. The van der Waals surface area contributed by atoms with Gasteiger partial charge in [0.25, 0.3) is 0 Å². The number of benzene rings is 1. The van der Waals surface area contributed by atoms with Gasteiger partial charge in [0, 0.05) is 5.56 Å². The lowest BCUT2D eigenvalue weighted by Gasteiger charge is -2.26. The highest BCUT2D eigenvalue weighted by Gasteiger charge is 2.24. The second-order valence-corrected chi connectivity index (χ2v) is 10.7. The monoisotopic (exact) mass is 546 g/mol. The van der Waals surface area contributed by atoms with Crippen molar-refractivity contribution < 1.29 is 14.3 Å². The van der Waals surface area contributed by atoms with Crippen LogP contribution in [-0.2, 0) is 15.1 Å². The molecule has 5 rings (SSSR count). The minimum atomic E-state index is -0.637. The molecule has 0 bridgehead atoms. The van der Waals surface area contributed by atoms with E-state index in [1.54, 1.807) is 18.3 Å². The van der Waals surface area contributed by atoms with Crippen molar-refractivity contribution in [1.29, 1.82) is 0 Å². The number of carbonyl (C=O) groups is 1. The molecule has 4 aromatic rings. The van der Waals surface area contributed by atoms with Gasteiger partial charge in [-0.15, -0.1) is 0 Å². The lowest BCUT2D eigenvalue weighted by atomic mass is 9.99. The van der Waals surface area contributed by atoms with Crippen LogP contribution in [0.5, 0.6) is 11.8 Å². The molecule has 1 aliphatic heterocycles. The van der Waals surface area contributed by atoms with Gasteiger partial charge in [-0.2, -0.15) is 4.98 Å². The van der Waals surface area contributed by atoms with Crippen molar-refractivity contribution in [3.05, 3.63) is 71.0 Å². The first-order valence-corrected chi connectivity index (χ1v) is 13.1. The van der Waals surface area contributed by atoms with Gasteiger partial charge in [-0.25, -0.2) is 4.98 Å². The molecule has 0 spiro atoms. The van der Waals surface area contributed by atoms with Crippen molar-refractivity contribution in [3.63, 3.8) is 0 Å². The van der Waals surface area contributed by atoms with Gasteiger partial charge >= 0.3 is 6.01 Å². The van der Waals surface area contributed by atoms with Gasteiger partial charge in [0.15, 0.2) is 5.65 Å². The molecule has 0 aliphatic carbocycles. The summed E-state index contributed by atoms with van der Waals surface area (Å²) in [4.78, 5) is 30.8. The van der Waals surface area contributed by atoms with Crippen LogP contribution in [0.15, 0.2) is 54.7 Å². The number of fused-ring (bicyclic) bond motifs is 1. The molecule has 202 valence electrons. The molecule has 1 aromatic carbocycles. The average Bonchev–Trinajstić information content (AvgIpc) is 3.29. The number of rotatable bonds is 8. The van der Waals surface area contributed by atoms with Crippen LogP contribution in [0, 0.1) is 0 Å². The zero-order chi connectivity index (χ0) is 27.6. The van der Waals surface area contributed by atoms with E-state index in [0.717, 1.165) is 18.6 Å². The van der Waals surface area contributed by atoms with Gasteiger partial charge in [-0.3, -0.25) is 9.78 Å². The lowest BCUT2D eigenvalue weighted by molar-refractivity contribution is -0.123. The predicted octanol–water partition coefficient (Wildman–Crippen LogP) is 5.18. The zero-order valence-electron chi connectivity index (χ0n) is 22.4. The molecule has 0 atom stereocenters. The quantitative estimate of drug-likeness (QED) is 0.313. The molecule has 3 aromatic heterocycles. The summed E-state index contributed by atoms with van der Waals surface area (Å²) in [5.41, 5.74) is 5.26. The van der Waals surface area contributed by atoms with Gasteiger partial charge in [0.2, 0.25) is 5.91 Å². The van der Waals surface area contributed by atoms with E-state index in [2.05, 4.69) is 38.5 Å². The fourth-order valence-corrected chi connectivity index (χ4v) is 4.70. The highest BCUT2D eigenvalue weighted by molar-refractivity contribution is 6.33. The van der Waals surface area contributed by atoms with Crippen LogP contribution in [0.2, 0.25) is 5.02 Å². The number of likely N-dealkylation sites (N-methyl/N-ethyl adjacent to an activating group) is 1. The Morgan fingerprint density at radius 1 is 1.15 bits per heavy atom. The number of aromatic nitrogens is 4. The highest BCUT2D eigenvalue weighted by atomic mass is 35.5.